The molecule has 8 heteroatoms. The second-order valence-corrected chi connectivity index (χ2v) is 12.4. The van der Waals surface area contributed by atoms with E-state index in [0.29, 0.717) is 22.3 Å². The lowest BCUT2D eigenvalue weighted by Gasteiger charge is -2.18. The topological polar surface area (TPSA) is 105 Å². The van der Waals surface area contributed by atoms with Crippen LogP contribution in [0.1, 0.15) is 87.5 Å². The van der Waals surface area contributed by atoms with Crippen molar-refractivity contribution in [2.75, 3.05) is 0 Å². The molecule has 0 amide bonds. The van der Waals surface area contributed by atoms with Gasteiger partial charge < -0.3 is 18.9 Å². The van der Waals surface area contributed by atoms with E-state index >= 15 is 0 Å². The van der Waals surface area contributed by atoms with Crippen molar-refractivity contribution < 1.29 is 38.1 Å². The summed E-state index contributed by atoms with van der Waals surface area (Å²) in [6, 6.07) is 15.0. The van der Waals surface area contributed by atoms with E-state index in [1.165, 1.54) is 0 Å². The zero-order valence-corrected chi connectivity index (χ0v) is 29.3. The van der Waals surface area contributed by atoms with Crippen LogP contribution in [-0.2, 0) is 32.3 Å². The molecule has 0 spiro atoms. The van der Waals surface area contributed by atoms with Crippen LogP contribution in [0.5, 0.6) is 11.5 Å². The van der Waals surface area contributed by atoms with E-state index in [1.807, 2.05) is 77.9 Å². The molecule has 0 radical (unpaired) electrons. The first-order valence-corrected chi connectivity index (χ1v) is 15.7. The van der Waals surface area contributed by atoms with Gasteiger partial charge in [-0.05, 0) is 136 Å². The van der Waals surface area contributed by atoms with E-state index in [2.05, 4.69) is 0 Å². The molecule has 0 saturated carbocycles. The molecule has 4 aromatic rings. The summed E-state index contributed by atoms with van der Waals surface area (Å²) in [7, 11) is 0. The Morgan fingerprint density at radius 2 is 0.792 bits per heavy atom. The minimum absolute atomic E-state index is 0.0102. The molecule has 0 unspecified atom stereocenters. The van der Waals surface area contributed by atoms with E-state index in [0.717, 1.165) is 44.5 Å². The number of hydrogen-bond acceptors (Lipinski definition) is 8. The summed E-state index contributed by atoms with van der Waals surface area (Å²) >= 11 is 0. The predicted molar refractivity (Wildman–Crippen MR) is 183 cm³/mol. The van der Waals surface area contributed by atoms with E-state index in [4.69, 9.17) is 18.9 Å². The van der Waals surface area contributed by atoms with Gasteiger partial charge in [-0.25, -0.2) is 19.2 Å². The molecule has 4 aromatic carbocycles. The van der Waals surface area contributed by atoms with Crippen LogP contribution >= 0.6 is 0 Å². The average Bonchev–Trinajstić information content (AvgIpc) is 3.03. The van der Waals surface area contributed by atoms with Crippen molar-refractivity contribution in [3.63, 3.8) is 0 Å². The Bertz CT molecular complexity index is 1810. The van der Waals surface area contributed by atoms with Crippen molar-refractivity contribution in [1.29, 1.82) is 0 Å². The zero-order valence-electron chi connectivity index (χ0n) is 29.3. The maximum Gasteiger partial charge on any atom is 0.423 e. The van der Waals surface area contributed by atoms with Crippen molar-refractivity contribution in [3.05, 3.63) is 126 Å². The minimum atomic E-state index is -1.36. The van der Waals surface area contributed by atoms with Crippen LogP contribution in [0.25, 0.3) is 0 Å². The second kappa shape index (κ2) is 14.7. The Morgan fingerprint density at radius 3 is 1.12 bits per heavy atom. The van der Waals surface area contributed by atoms with Gasteiger partial charge in [-0.15, -0.1) is 0 Å². The number of benzene rings is 4. The van der Waals surface area contributed by atoms with Gasteiger partial charge in [-0.3, -0.25) is 0 Å². The molecule has 0 atom stereocenters. The third-order valence-electron chi connectivity index (χ3n) is 8.82. The lowest BCUT2D eigenvalue weighted by atomic mass is 9.98. The smallest absolute Gasteiger partial charge is 0.423 e. The first-order valence-electron chi connectivity index (χ1n) is 15.7. The normalized spacial score (nSPS) is 10.8. The molecule has 250 valence electrons. The van der Waals surface area contributed by atoms with Gasteiger partial charge in [0.05, 0.1) is 0 Å². The molecule has 0 aliphatic heterocycles. The van der Waals surface area contributed by atoms with Gasteiger partial charge in [-0.1, -0.05) is 48.5 Å². The summed E-state index contributed by atoms with van der Waals surface area (Å²) in [6.07, 6.45) is 0. The molecule has 0 N–H and O–H groups in total. The molecule has 8 nitrogen and oxygen atoms in total. The average molecular weight is 651 g/mol. The van der Waals surface area contributed by atoms with Gasteiger partial charge in [0.15, 0.2) is 0 Å². The molecular formula is C40H42O8. The van der Waals surface area contributed by atoms with Crippen molar-refractivity contribution in [3.8, 4) is 11.5 Å². The van der Waals surface area contributed by atoms with Crippen LogP contribution < -0.4 is 9.47 Å². The van der Waals surface area contributed by atoms with E-state index in [-0.39, 0.29) is 35.8 Å². The maximum atomic E-state index is 13.4. The lowest BCUT2D eigenvalue weighted by Crippen LogP contribution is -2.28. The Hall–Kier alpha value is -5.24. The summed E-state index contributed by atoms with van der Waals surface area (Å²) in [6.45, 7) is 18.4. The van der Waals surface area contributed by atoms with Gasteiger partial charge >= 0.3 is 23.9 Å². The molecule has 0 aliphatic carbocycles. The van der Waals surface area contributed by atoms with Gasteiger partial charge in [0, 0.05) is 0 Å². The number of esters is 4. The summed E-state index contributed by atoms with van der Waals surface area (Å²) in [4.78, 5) is 53.3. The second-order valence-electron chi connectivity index (χ2n) is 12.4. The van der Waals surface area contributed by atoms with Crippen molar-refractivity contribution in [1.82, 2.24) is 0 Å². The molecular weight excluding hydrogens is 608 g/mol. The summed E-state index contributed by atoms with van der Waals surface area (Å²) in [5, 5.41) is 0. The highest BCUT2D eigenvalue weighted by molar-refractivity contribution is 6.31. The van der Waals surface area contributed by atoms with Gasteiger partial charge in [0.2, 0.25) is 0 Å². The molecule has 0 saturated heterocycles. The molecule has 48 heavy (non-hydrogen) atoms. The van der Waals surface area contributed by atoms with E-state index < -0.39 is 23.9 Å². The summed E-state index contributed by atoms with van der Waals surface area (Å²) in [5.41, 5.74) is 9.61. The van der Waals surface area contributed by atoms with Crippen LogP contribution in [0, 0.1) is 69.2 Å². The van der Waals surface area contributed by atoms with Crippen LogP contribution in [-0.4, -0.2) is 23.9 Å². The standard InChI is InChI=1S/C40H42O8/c1-21-11-13-31(17-23(21)3)19-45-37(41)33-29(9)25(5)15-27(7)35(33)47-39(43)40(44)48-36-28(8)16-26(6)30(10)34(36)38(42)46-20-32-14-12-22(2)24(4)18-32/h11-18H,19-20H2,1-10H3. The highest BCUT2D eigenvalue weighted by Crippen LogP contribution is 2.33. The number of rotatable bonds is 8. The number of hydrogen-bond donors (Lipinski definition) is 0. The molecule has 0 heterocycles. The van der Waals surface area contributed by atoms with Crippen LogP contribution in [0.4, 0.5) is 0 Å². The SMILES string of the molecule is Cc1ccc(COC(=O)c2c(C)c(C)cc(C)c2OC(=O)C(=O)Oc2c(C)cc(C)c(C)c2C(=O)OCc2ccc(C)c(C)c2)cc1C. The van der Waals surface area contributed by atoms with E-state index in [9.17, 15) is 19.2 Å². The molecule has 4 rings (SSSR count). The van der Waals surface area contributed by atoms with Crippen molar-refractivity contribution in [2.45, 2.75) is 82.5 Å². The molecule has 0 aromatic heterocycles. The predicted octanol–water partition coefficient (Wildman–Crippen LogP) is 8.00. The largest absolute Gasteiger partial charge is 0.457 e. The summed E-state index contributed by atoms with van der Waals surface area (Å²) < 4.78 is 22.3. The number of aryl methyl sites for hydroxylation is 8. The van der Waals surface area contributed by atoms with E-state index in [1.54, 1.807) is 39.8 Å². The monoisotopic (exact) mass is 650 g/mol. The molecule has 0 fully saturated rings. The first kappa shape index (κ1) is 35.6. The van der Waals surface area contributed by atoms with Crippen molar-refractivity contribution >= 4 is 23.9 Å². The molecule has 0 bridgehead atoms. The lowest BCUT2D eigenvalue weighted by molar-refractivity contribution is -0.156. The van der Waals surface area contributed by atoms with Crippen LogP contribution in [0.3, 0.4) is 0 Å². The third-order valence-corrected chi connectivity index (χ3v) is 8.82. The van der Waals surface area contributed by atoms with Crippen molar-refractivity contribution in [2.24, 2.45) is 0 Å². The third kappa shape index (κ3) is 7.82. The van der Waals surface area contributed by atoms with Crippen LogP contribution in [0.2, 0.25) is 0 Å². The van der Waals surface area contributed by atoms with Gasteiger partial charge in [0.25, 0.3) is 0 Å². The Kier molecular flexibility index (Phi) is 10.9. The fraction of sp³-hybridized carbons (Fsp3) is 0.300. The highest BCUT2D eigenvalue weighted by atomic mass is 16.6. The fourth-order valence-corrected chi connectivity index (χ4v) is 5.38. The summed E-state index contributed by atoms with van der Waals surface area (Å²) in [5.74, 6) is -4.33. The van der Waals surface area contributed by atoms with Crippen LogP contribution in [0.15, 0.2) is 48.5 Å². The van der Waals surface area contributed by atoms with Gasteiger partial charge in [-0.2, -0.15) is 0 Å². The quantitative estimate of drug-likeness (QED) is 0.107. The maximum absolute atomic E-state index is 13.4. The Labute approximate surface area is 282 Å². The number of ether oxygens (including phenoxy) is 4. The fourth-order valence-electron chi connectivity index (χ4n) is 5.38. The minimum Gasteiger partial charge on any atom is -0.457 e. The number of carbonyl (C=O) groups is 4. The Morgan fingerprint density at radius 1 is 0.438 bits per heavy atom. The van der Waals surface area contributed by atoms with Gasteiger partial charge in [0.1, 0.15) is 35.8 Å². The first-order chi connectivity index (χ1) is 22.6. The zero-order chi connectivity index (χ0) is 35.4. The number of carbonyl (C=O) groups excluding carboxylic acids is 4. The highest BCUT2D eigenvalue weighted by Gasteiger charge is 2.30. The molecule has 0 aliphatic rings. The Balaban J connectivity index is 1.57.